The van der Waals surface area contributed by atoms with Gasteiger partial charge in [-0.1, -0.05) is 30.3 Å². The lowest BCUT2D eigenvalue weighted by Crippen LogP contribution is -2.40. The molecule has 29 heavy (non-hydrogen) atoms. The first-order valence-corrected chi connectivity index (χ1v) is 10.4. The number of rotatable bonds is 6. The van der Waals surface area contributed by atoms with Crippen LogP contribution < -0.4 is 0 Å². The molecule has 0 radical (unpaired) electrons. The van der Waals surface area contributed by atoms with Crippen LogP contribution in [-0.4, -0.2) is 58.1 Å². The number of hydrogen-bond donors (Lipinski definition) is 0. The van der Waals surface area contributed by atoms with Crippen LogP contribution >= 0.6 is 0 Å². The molecule has 1 aliphatic rings. The SMILES string of the molecule is COC(=O)C(OC(=O)c1ccc(S(=O)(=O)N2CCOCC2)cc1)c1ccccc1. The molecule has 1 aliphatic heterocycles. The topological polar surface area (TPSA) is 99.2 Å². The van der Waals surface area contributed by atoms with Crippen LogP contribution in [0.4, 0.5) is 0 Å². The van der Waals surface area contributed by atoms with E-state index in [0.29, 0.717) is 18.8 Å². The number of carbonyl (C=O) groups is 2. The first-order chi connectivity index (χ1) is 13.9. The van der Waals surface area contributed by atoms with Crippen molar-refractivity contribution in [1.82, 2.24) is 4.31 Å². The average molecular weight is 419 g/mol. The summed E-state index contributed by atoms with van der Waals surface area (Å²) in [5, 5.41) is 0. The van der Waals surface area contributed by atoms with Gasteiger partial charge < -0.3 is 14.2 Å². The Balaban J connectivity index is 1.76. The maximum atomic E-state index is 12.7. The molecule has 1 heterocycles. The minimum absolute atomic E-state index is 0.0727. The third-order valence-corrected chi connectivity index (χ3v) is 6.35. The Morgan fingerprint density at radius 2 is 1.62 bits per heavy atom. The molecule has 2 aromatic carbocycles. The van der Waals surface area contributed by atoms with E-state index in [0.717, 1.165) is 0 Å². The maximum absolute atomic E-state index is 12.7. The summed E-state index contributed by atoms with van der Waals surface area (Å²) < 4.78 is 41.9. The van der Waals surface area contributed by atoms with Crippen LogP contribution in [0, 0.1) is 0 Å². The highest BCUT2D eigenvalue weighted by atomic mass is 32.2. The highest BCUT2D eigenvalue weighted by Gasteiger charge is 2.28. The predicted molar refractivity (Wildman–Crippen MR) is 103 cm³/mol. The summed E-state index contributed by atoms with van der Waals surface area (Å²) in [6.07, 6.45) is -1.22. The molecular weight excluding hydrogens is 398 g/mol. The summed E-state index contributed by atoms with van der Waals surface area (Å²) >= 11 is 0. The summed E-state index contributed by atoms with van der Waals surface area (Å²) in [7, 11) is -2.46. The van der Waals surface area contributed by atoms with Crippen molar-refractivity contribution in [2.24, 2.45) is 0 Å². The molecule has 9 heteroatoms. The van der Waals surface area contributed by atoms with Crippen molar-refractivity contribution >= 4 is 22.0 Å². The Morgan fingerprint density at radius 1 is 1.00 bits per heavy atom. The summed E-state index contributed by atoms with van der Waals surface area (Å²) in [5.74, 6) is -1.48. The molecule has 0 N–H and O–H groups in total. The van der Waals surface area contributed by atoms with Crippen LogP contribution in [0.15, 0.2) is 59.5 Å². The van der Waals surface area contributed by atoms with Gasteiger partial charge in [-0.05, 0) is 24.3 Å². The first kappa shape index (κ1) is 21.0. The fourth-order valence-corrected chi connectivity index (χ4v) is 4.27. The van der Waals surface area contributed by atoms with E-state index in [1.54, 1.807) is 30.3 Å². The van der Waals surface area contributed by atoms with E-state index in [4.69, 9.17) is 14.2 Å². The number of esters is 2. The van der Waals surface area contributed by atoms with E-state index in [9.17, 15) is 18.0 Å². The Hall–Kier alpha value is -2.75. The summed E-state index contributed by atoms with van der Waals surface area (Å²) in [6, 6.07) is 13.9. The van der Waals surface area contributed by atoms with Gasteiger partial charge in [0.1, 0.15) is 0 Å². The standard InChI is InChI=1S/C20H21NO7S/c1-26-20(23)18(15-5-3-2-4-6-15)28-19(22)16-7-9-17(10-8-16)29(24,25)21-11-13-27-14-12-21/h2-10,18H,11-14H2,1H3. The fourth-order valence-electron chi connectivity index (χ4n) is 2.86. The number of morpholine rings is 1. The van der Waals surface area contributed by atoms with Gasteiger partial charge >= 0.3 is 11.9 Å². The molecule has 1 fully saturated rings. The number of ether oxygens (including phenoxy) is 3. The molecule has 0 amide bonds. The van der Waals surface area contributed by atoms with Gasteiger partial charge in [-0.15, -0.1) is 0 Å². The predicted octanol–water partition coefficient (Wildman–Crippen LogP) is 1.78. The Bertz CT molecular complexity index is 952. The number of carbonyl (C=O) groups excluding carboxylic acids is 2. The Kier molecular flexibility index (Phi) is 6.63. The average Bonchev–Trinajstić information content (AvgIpc) is 2.78. The van der Waals surface area contributed by atoms with Crippen LogP contribution in [0.1, 0.15) is 22.0 Å². The molecule has 1 unspecified atom stereocenters. The minimum atomic E-state index is -3.66. The van der Waals surface area contributed by atoms with Crippen molar-refractivity contribution in [3.05, 3.63) is 65.7 Å². The fraction of sp³-hybridized carbons (Fsp3) is 0.300. The number of benzene rings is 2. The van der Waals surface area contributed by atoms with E-state index in [1.165, 1.54) is 35.7 Å². The molecule has 1 saturated heterocycles. The van der Waals surface area contributed by atoms with Crippen molar-refractivity contribution in [2.75, 3.05) is 33.4 Å². The van der Waals surface area contributed by atoms with Gasteiger partial charge in [-0.3, -0.25) is 0 Å². The minimum Gasteiger partial charge on any atom is -0.466 e. The van der Waals surface area contributed by atoms with Crippen molar-refractivity contribution in [3.63, 3.8) is 0 Å². The van der Waals surface area contributed by atoms with Gasteiger partial charge in [0, 0.05) is 18.7 Å². The van der Waals surface area contributed by atoms with Crippen molar-refractivity contribution in [2.45, 2.75) is 11.0 Å². The van der Waals surface area contributed by atoms with Gasteiger partial charge in [0.15, 0.2) is 0 Å². The summed E-state index contributed by atoms with van der Waals surface area (Å²) in [4.78, 5) is 24.6. The molecule has 154 valence electrons. The lowest BCUT2D eigenvalue weighted by molar-refractivity contribution is -0.151. The Morgan fingerprint density at radius 3 is 2.21 bits per heavy atom. The Labute approximate surface area is 169 Å². The van der Waals surface area contributed by atoms with Gasteiger partial charge in [0.25, 0.3) is 0 Å². The lowest BCUT2D eigenvalue weighted by Gasteiger charge is -2.26. The van der Waals surface area contributed by atoms with Crippen LogP contribution in [0.3, 0.4) is 0 Å². The highest BCUT2D eigenvalue weighted by Crippen LogP contribution is 2.22. The summed E-state index contributed by atoms with van der Waals surface area (Å²) in [6.45, 7) is 1.25. The largest absolute Gasteiger partial charge is 0.466 e. The maximum Gasteiger partial charge on any atom is 0.351 e. The number of methoxy groups -OCH3 is 1. The third kappa shape index (κ3) is 4.81. The molecule has 2 aromatic rings. The molecule has 1 atom stereocenters. The number of hydrogen-bond acceptors (Lipinski definition) is 7. The monoisotopic (exact) mass is 419 g/mol. The molecular formula is C20H21NO7S. The van der Waals surface area contributed by atoms with Crippen LogP contribution in [0.2, 0.25) is 0 Å². The van der Waals surface area contributed by atoms with Gasteiger partial charge in [0.2, 0.25) is 16.1 Å². The highest BCUT2D eigenvalue weighted by molar-refractivity contribution is 7.89. The van der Waals surface area contributed by atoms with E-state index >= 15 is 0 Å². The van der Waals surface area contributed by atoms with Gasteiger partial charge in [0.05, 0.1) is 30.8 Å². The zero-order valence-corrected chi connectivity index (χ0v) is 16.6. The van der Waals surface area contributed by atoms with E-state index < -0.39 is 28.1 Å². The normalized spacial score (nSPS) is 16.0. The quantitative estimate of drug-likeness (QED) is 0.658. The molecule has 0 bridgehead atoms. The second-order valence-electron chi connectivity index (χ2n) is 6.26. The van der Waals surface area contributed by atoms with Gasteiger partial charge in [-0.25, -0.2) is 18.0 Å². The molecule has 8 nitrogen and oxygen atoms in total. The molecule has 0 saturated carbocycles. The second-order valence-corrected chi connectivity index (χ2v) is 8.20. The molecule has 3 rings (SSSR count). The van der Waals surface area contributed by atoms with Gasteiger partial charge in [-0.2, -0.15) is 4.31 Å². The van der Waals surface area contributed by atoms with E-state index in [2.05, 4.69) is 0 Å². The van der Waals surface area contributed by atoms with Crippen molar-refractivity contribution in [3.8, 4) is 0 Å². The second kappa shape index (κ2) is 9.17. The summed E-state index contributed by atoms with van der Waals surface area (Å²) in [5.41, 5.74) is 0.593. The molecule has 0 aliphatic carbocycles. The van der Waals surface area contributed by atoms with Crippen molar-refractivity contribution in [1.29, 1.82) is 0 Å². The molecule has 0 spiro atoms. The number of nitrogens with zero attached hydrogens (tertiary/aromatic N) is 1. The molecule has 0 aromatic heterocycles. The van der Waals surface area contributed by atoms with Crippen LogP contribution in [0.25, 0.3) is 0 Å². The van der Waals surface area contributed by atoms with E-state index in [-0.39, 0.29) is 23.5 Å². The first-order valence-electron chi connectivity index (χ1n) is 8.95. The zero-order chi connectivity index (χ0) is 20.9. The number of sulfonamides is 1. The van der Waals surface area contributed by atoms with Crippen LogP contribution in [-0.2, 0) is 29.0 Å². The van der Waals surface area contributed by atoms with E-state index in [1.807, 2.05) is 0 Å². The van der Waals surface area contributed by atoms with Crippen LogP contribution in [0.5, 0.6) is 0 Å². The smallest absolute Gasteiger partial charge is 0.351 e. The lowest BCUT2D eigenvalue weighted by atomic mass is 10.1. The van der Waals surface area contributed by atoms with Crippen molar-refractivity contribution < 1.29 is 32.2 Å². The third-order valence-electron chi connectivity index (χ3n) is 4.44. The zero-order valence-electron chi connectivity index (χ0n) is 15.8.